The first-order valence-corrected chi connectivity index (χ1v) is 6.10. The lowest BCUT2D eigenvalue weighted by atomic mass is 10.0. The molecule has 3 nitrogen and oxygen atoms in total. The maximum atomic E-state index is 13.3. The molecule has 0 amide bonds. The molecule has 1 aromatic rings. The van der Waals surface area contributed by atoms with E-state index in [2.05, 4.69) is 10.2 Å². The van der Waals surface area contributed by atoms with Crippen LogP contribution in [0, 0.1) is 5.82 Å². The summed E-state index contributed by atoms with van der Waals surface area (Å²) >= 11 is 0. The number of nitrogens with one attached hydrogen (secondary N) is 1. The van der Waals surface area contributed by atoms with Gasteiger partial charge in [0.25, 0.3) is 0 Å². The average Bonchev–Trinajstić information content (AvgIpc) is 2.42. The van der Waals surface area contributed by atoms with Crippen LogP contribution in [0.2, 0.25) is 0 Å². The van der Waals surface area contributed by atoms with Crippen molar-refractivity contribution in [1.82, 2.24) is 10.2 Å². The van der Waals surface area contributed by atoms with Crippen LogP contribution in [0.5, 0.6) is 5.75 Å². The predicted octanol–water partition coefficient (Wildman–Crippen LogP) is 2.17. The summed E-state index contributed by atoms with van der Waals surface area (Å²) in [6, 6.07) is 3.91. The lowest BCUT2D eigenvalue weighted by molar-refractivity contribution is 0.145. The molecule has 2 rings (SSSR count). The van der Waals surface area contributed by atoms with Crippen LogP contribution in [0.4, 0.5) is 8.78 Å². The van der Waals surface area contributed by atoms with Gasteiger partial charge in [-0.25, -0.2) is 8.78 Å². The van der Waals surface area contributed by atoms with Gasteiger partial charge in [-0.1, -0.05) is 6.07 Å². The van der Waals surface area contributed by atoms with Gasteiger partial charge in [-0.05, 0) is 6.07 Å². The highest BCUT2D eigenvalue weighted by molar-refractivity contribution is 5.85. The van der Waals surface area contributed by atoms with Crippen LogP contribution in [0.25, 0.3) is 0 Å². The number of hydrogen-bond donors (Lipinski definition) is 1. The normalized spacial score (nSPS) is 17.6. The molecule has 6 heteroatoms. The third-order valence-corrected chi connectivity index (χ3v) is 3.29. The Hall–Kier alpha value is -0.910. The van der Waals surface area contributed by atoms with Crippen molar-refractivity contribution >= 4 is 12.4 Å². The molecular weight excluding hydrogens is 274 g/mol. The first-order chi connectivity index (χ1) is 8.76. The van der Waals surface area contributed by atoms with Crippen molar-refractivity contribution in [3.8, 4) is 5.75 Å². The zero-order chi connectivity index (χ0) is 13.0. The number of methoxy groups -OCH3 is 1. The zero-order valence-electron chi connectivity index (χ0n) is 10.9. The van der Waals surface area contributed by atoms with E-state index in [4.69, 9.17) is 4.74 Å². The van der Waals surface area contributed by atoms with Gasteiger partial charge in [-0.2, -0.15) is 0 Å². The van der Waals surface area contributed by atoms with E-state index in [1.165, 1.54) is 19.2 Å². The molecular formula is C13H19ClF2N2O. The summed E-state index contributed by atoms with van der Waals surface area (Å²) < 4.78 is 31.6. The minimum atomic E-state index is -0.498. The summed E-state index contributed by atoms with van der Waals surface area (Å²) in [5.41, 5.74) is 0.711. The van der Waals surface area contributed by atoms with E-state index in [1.54, 1.807) is 6.07 Å². The fourth-order valence-electron chi connectivity index (χ4n) is 2.33. The van der Waals surface area contributed by atoms with Gasteiger partial charge < -0.3 is 10.1 Å². The number of piperazine rings is 1. The van der Waals surface area contributed by atoms with Gasteiger partial charge in [0.15, 0.2) is 0 Å². The molecule has 1 fully saturated rings. The second kappa shape index (κ2) is 7.62. The van der Waals surface area contributed by atoms with E-state index < -0.39 is 6.67 Å². The lowest BCUT2D eigenvalue weighted by Crippen LogP contribution is -2.45. The van der Waals surface area contributed by atoms with Crippen molar-refractivity contribution in [2.24, 2.45) is 0 Å². The predicted molar refractivity (Wildman–Crippen MR) is 73.4 cm³/mol. The van der Waals surface area contributed by atoms with Gasteiger partial charge in [-0.15, -0.1) is 12.4 Å². The summed E-state index contributed by atoms with van der Waals surface area (Å²) in [6.45, 7) is 2.77. The molecule has 1 saturated heterocycles. The summed E-state index contributed by atoms with van der Waals surface area (Å²) in [6.07, 6.45) is 0. The van der Waals surface area contributed by atoms with Crippen molar-refractivity contribution in [3.05, 3.63) is 29.6 Å². The Morgan fingerprint density at radius 2 is 2.05 bits per heavy atom. The van der Waals surface area contributed by atoms with E-state index >= 15 is 0 Å². The van der Waals surface area contributed by atoms with Crippen molar-refractivity contribution in [1.29, 1.82) is 0 Å². The Morgan fingerprint density at radius 1 is 1.37 bits per heavy atom. The lowest BCUT2D eigenvalue weighted by Gasteiger charge is -2.34. The number of ether oxygens (including phenoxy) is 1. The van der Waals surface area contributed by atoms with E-state index in [0.29, 0.717) is 11.3 Å². The Labute approximate surface area is 118 Å². The van der Waals surface area contributed by atoms with Gasteiger partial charge >= 0.3 is 0 Å². The molecule has 0 aromatic heterocycles. The van der Waals surface area contributed by atoms with Crippen molar-refractivity contribution < 1.29 is 13.5 Å². The van der Waals surface area contributed by atoms with Gasteiger partial charge in [0.1, 0.15) is 18.2 Å². The van der Waals surface area contributed by atoms with Crippen LogP contribution in [-0.2, 0) is 0 Å². The van der Waals surface area contributed by atoms with Crippen molar-refractivity contribution in [2.75, 3.05) is 40.0 Å². The van der Waals surface area contributed by atoms with Crippen LogP contribution in [-0.4, -0.2) is 44.9 Å². The number of alkyl halides is 1. The summed E-state index contributed by atoms with van der Waals surface area (Å²) in [5.74, 6) is 0.0460. The monoisotopic (exact) mass is 292 g/mol. The smallest absolute Gasteiger partial charge is 0.126 e. The highest BCUT2D eigenvalue weighted by atomic mass is 35.5. The highest BCUT2D eigenvalue weighted by Crippen LogP contribution is 2.30. The molecule has 108 valence electrons. The quantitative estimate of drug-likeness (QED) is 0.920. The molecule has 1 aliphatic rings. The van der Waals surface area contributed by atoms with Crippen LogP contribution in [0.1, 0.15) is 11.6 Å². The fourth-order valence-corrected chi connectivity index (χ4v) is 2.33. The number of hydrogen-bond acceptors (Lipinski definition) is 3. The first kappa shape index (κ1) is 16.1. The molecule has 0 unspecified atom stereocenters. The third kappa shape index (κ3) is 3.78. The van der Waals surface area contributed by atoms with Crippen LogP contribution in [0.3, 0.4) is 0 Å². The molecule has 0 bridgehead atoms. The molecule has 1 heterocycles. The fraction of sp³-hybridized carbons (Fsp3) is 0.538. The average molecular weight is 293 g/mol. The number of benzene rings is 1. The number of nitrogens with zero attached hydrogens (tertiary/aromatic N) is 1. The highest BCUT2D eigenvalue weighted by Gasteiger charge is 2.24. The molecule has 1 aromatic carbocycles. The Balaban J connectivity index is 0.00000180. The standard InChI is InChI=1S/C13H18F2N2O.ClH/c1-18-13-8-10(15)2-3-11(13)12(9-14)17-6-4-16-5-7-17;/h2-3,8,12,16H,4-7,9H2,1H3;1H/t12-;/m0./s1. The van der Waals surface area contributed by atoms with Crippen molar-refractivity contribution in [3.63, 3.8) is 0 Å². The Kier molecular flexibility index (Phi) is 6.48. The molecule has 0 saturated carbocycles. The topological polar surface area (TPSA) is 24.5 Å². The first-order valence-electron chi connectivity index (χ1n) is 6.10. The van der Waals surface area contributed by atoms with E-state index in [-0.39, 0.29) is 24.3 Å². The minimum absolute atomic E-state index is 0. The minimum Gasteiger partial charge on any atom is -0.496 e. The maximum absolute atomic E-state index is 13.3. The zero-order valence-corrected chi connectivity index (χ0v) is 11.7. The maximum Gasteiger partial charge on any atom is 0.126 e. The van der Waals surface area contributed by atoms with Gasteiger partial charge in [0, 0.05) is 37.8 Å². The van der Waals surface area contributed by atoms with Crippen molar-refractivity contribution in [2.45, 2.75) is 6.04 Å². The van der Waals surface area contributed by atoms with Crippen LogP contribution >= 0.6 is 12.4 Å². The van der Waals surface area contributed by atoms with Gasteiger partial charge in [0.2, 0.25) is 0 Å². The van der Waals surface area contributed by atoms with Gasteiger partial charge in [-0.3, -0.25) is 4.90 Å². The van der Waals surface area contributed by atoms with E-state index in [9.17, 15) is 8.78 Å². The summed E-state index contributed by atoms with van der Waals surface area (Å²) in [7, 11) is 1.48. The Morgan fingerprint density at radius 3 is 2.63 bits per heavy atom. The van der Waals surface area contributed by atoms with E-state index in [1.807, 2.05) is 0 Å². The SMILES string of the molecule is COc1cc(F)ccc1[C@H](CF)N1CCNCC1.Cl. The second-order valence-corrected chi connectivity index (χ2v) is 4.34. The molecule has 0 spiro atoms. The summed E-state index contributed by atoms with van der Waals surface area (Å²) in [4.78, 5) is 2.06. The third-order valence-electron chi connectivity index (χ3n) is 3.29. The molecule has 1 aliphatic heterocycles. The molecule has 19 heavy (non-hydrogen) atoms. The molecule has 0 aliphatic carbocycles. The largest absolute Gasteiger partial charge is 0.496 e. The second-order valence-electron chi connectivity index (χ2n) is 4.34. The molecule has 0 radical (unpaired) electrons. The van der Waals surface area contributed by atoms with Gasteiger partial charge in [0.05, 0.1) is 13.2 Å². The molecule has 1 atom stereocenters. The van der Waals surface area contributed by atoms with Crippen LogP contribution < -0.4 is 10.1 Å². The molecule has 1 N–H and O–H groups in total. The number of halogens is 3. The summed E-state index contributed by atoms with van der Waals surface area (Å²) in [5, 5.41) is 3.23. The number of rotatable bonds is 4. The van der Waals surface area contributed by atoms with Crippen LogP contribution in [0.15, 0.2) is 18.2 Å². The Bertz CT molecular complexity index is 400. The van der Waals surface area contributed by atoms with E-state index in [0.717, 1.165) is 26.2 Å².